The molecule has 80 valence electrons. The van der Waals surface area contributed by atoms with Crippen LogP contribution in [0.25, 0.3) is 0 Å². The first-order valence-corrected chi connectivity index (χ1v) is 4.83. The molecule has 1 aliphatic heterocycles. The molecule has 1 heterocycles. The van der Waals surface area contributed by atoms with Gasteiger partial charge in [-0.15, -0.1) is 0 Å². The number of carbonyl (C=O) groups excluding carboxylic acids is 1. The second-order valence-electron chi connectivity index (χ2n) is 3.63. The minimum Gasteiger partial charge on any atom is -0.513 e. The minimum absolute atomic E-state index is 0.0115. The standard InChI is InChI=1S/C10H16O4/c1-7-2-3-8(11)4-5-9(12)6-10(13)14-7/h3,7,9,11-12H,2,4-6H2,1H3. The van der Waals surface area contributed by atoms with Gasteiger partial charge in [0.25, 0.3) is 0 Å². The van der Waals surface area contributed by atoms with Crippen LogP contribution in [0.1, 0.15) is 32.6 Å². The van der Waals surface area contributed by atoms with Crippen molar-refractivity contribution >= 4 is 5.97 Å². The predicted molar refractivity (Wildman–Crippen MR) is 50.7 cm³/mol. The molecule has 1 rings (SSSR count). The zero-order valence-corrected chi connectivity index (χ0v) is 8.27. The van der Waals surface area contributed by atoms with Crippen LogP contribution in [0.5, 0.6) is 0 Å². The Morgan fingerprint density at radius 1 is 1.57 bits per heavy atom. The van der Waals surface area contributed by atoms with E-state index in [1.165, 1.54) is 0 Å². The summed E-state index contributed by atoms with van der Waals surface area (Å²) < 4.78 is 4.99. The molecule has 0 aromatic heterocycles. The highest BCUT2D eigenvalue weighted by Gasteiger charge is 2.16. The van der Waals surface area contributed by atoms with Gasteiger partial charge in [0, 0.05) is 12.8 Å². The summed E-state index contributed by atoms with van der Waals surface area (Å²) in [6, 6.07) is 0. The highest BCUT2D eigenvalue weighted by Crippen LogP contribution is 2.13. The zero-order chi connectivity index (χ0) is 10.6. The fourth-order valence-electron chi connectivity index (χ4n) is 1.33. The molecule has 0 radical (unpaired) electrons. The van der Waals surface area contributed by atoms with Gasteiger partial charge in [0.1, 0.15) is 6.10 Å². The van der Waals surface area contributed by atoms with Crippen molar-refractivity contribution in [1.82, 2.24) is 0 Å². The smallest absolute Gasteiger partial charge is 0.308 e. The average molecular weight is 200 g/mol. The van der Waals surface area contributed by atoms with Crippen molar-refractivity contribution in [2.24, 2.45) is 0 Å². The number of hydrogen-bond donors (Lipinski definition) is 2. The Labute approximate surface area is 83.2 Å². The molecule has 14 heavy (non-hydrogen) atoms. The van der Waals surface area contributed by atoms with Gasteiger partial charge in [-0.3, -0.25) is 4.79 Å². The van der Waals surface area contributed by atoms with E-state index in [0.29, 0.717) is 19.3 Å². The predicted octanol–water partition coefficient (Wildman–Crippen LogP) is 1.29. The molecule has 0 saturated carbocycles. The van der Waals surface area contributed by atoms with Gasteiger partial charge in [0.15, 0.2) is 0 Å². The number of aliphatic hydroxyl groups excluding tert-OH is 2. The highest BCUT2D eigenvalue weighted by atomic mass is 16.5. The molecule has 0 saturated heterocycles. The molecule has 0 aromatic rings. The van der Waals surface area contributed by atoms with E-state index in [9.17, 15) is 15.0 Å². The van der Waals surface area contributed by atoms with Crippen molar-refractivity contribution in [3.8, 4) is 0 Å². The van der Waals surface area contributed by atoms with Crippen molar-refractivity contribution in [1.29, 1.82) is 0 Å². The second kappa shape index (κ2) is 5.00. The van der Waals surface area contributed by atoms with Crippen molar-refractivity contribution in [2.75, 3.05) is 0 Å². The lowest BCUT2D eigenvalue weighted by Gasteiger charge is -2.16. The lowest BCUT2D eigenvalue weighted by atomic mass is 10.1. The summed E-state index contributed by atoms with van der Waals surface area (Å²) >= 11 is 0. The normalized spacial score (nSPS) is 30.4. The summed E-state index contributed by atoms with van der Waals surface area (Å²) in [4.78, 5) is 11.1. The summed E-state index contributed by atoms with van der Waals surface area (Å²) in [5, 5.41) is 18.7. The highest BCUT2D eigenvalue weighted by molar-refractivity contribution is 5.70. The van der Waals surface area contributed by atoms with Crippen LogP contribution in [0, 0.1) is 0 Å². The monoisotopic (exact) mass is 200 g/mol. The average Bonchev–Trinajstić information content (AvgIpc) is 2.10. The fraction of sp³-hybridized carbons (Fsp3) is 0.700. The lowest BCUT2D eigenvalue weighted by Crippen LogP contribution is -2.21. The van der Waals surface area contributed by atoms with Gasteiger partial charge >= 0.3 is 5.97 Å². The number of ether oxygens (including phenoxy) is 1. The van der Waals surface area contributed by atoms with E-state index in [4.69, 9.17) is 4.74 Å². The first kappa shape index (κ1) is 11.0. The first-order valence-electron chi connectivity index (χ1n) is 4.83. The van der Waals surface area contributed by atoms with E-state index < -0.39 is 6.10 Å². The van der Waals surface area contributed by atoms with Gasteiger partial charge in [0.2, 0.25) is 0 Å². The van der Waals surface area contributed by atoms with Crippen molar-refractivity contribution < 1.29 is 19.7 Å². The van der Waals surface area contributed by atoms with Crippen LogP contribution in [0.4, 0.5) is 0 Å². The Bertz CT molecular complexity index is 234. The number of carbonyl (C=O) groups is 1. The Balaban J connectivity index is 2.60. The van der Waals surface area contributed by atoms with Crippen molar-refractivity contribution in [3.05, 3.63) is 11.8 Å². The van der Waals surface area contributed by atoms with E-state index >= 15 is 0 Å². The largest absolute Gasteiger partial charge is 0.513 e. The van der Waals surface area contributed by atoms with Gasteiger partial charge < -0.3 is 14.9 Å². The molecule has 0 aliphatic carbocycles. The number of allylic oxidation sites excluding steroid dienone is 1. The summed E-state index contributed by atoms with van der Waals surface area (Å²) in [6.45, 7) is 1.76. The number of hydrogen-bond acceptors (Lipinski definition) is 4. The molecule has 0 amide bonds. The van der Waals surface area contributed by atoms with E-state index in [-0.39, 0.29) is 24.3 Å². The Kier molecular flexibility index (Phi) is 3.95. The summed E-state index contributed by atoms with van der Waals surface area (Å²) in [5.74, 6) is -0.117. The molecule has 0 bridgehead atoms. The molecule has 4 heteroatoms. The molecular weight excluding hydrogens is 184 g/mol. The SMILES string of the molecule is CC1CC=C(O)CCC(O)CC(=O)O1. The maximum atomic E-state index is 11.1. The van der Waals surface area contributed by atoms with Crippen LogP contribution in [0.2, 0.25) is 0 Å². The number of aliphatic hydroxyl groups is 2. The van der Waals surface area contributed by atoms with Gasteiger partial charge in [-0.25, -0.2) is 0 Å². The molecule has 1 aliphatic rings. The fourth-order valence-corrected chi connectivity index (χ4v) is 1.33. The van der Waals surface area contributed by atoms with Crippen LogP contribution >= 0.6 is 0 Å². The molecule has 2 unspecified atom stereocenters. The van der Waals surface area contributed by atoms with E-state index in [1.807, 2.05) is 0 Å². The summed E-state index contributed by atoms with van der Waals surface area (Å²) in [7, 11) is 0. The minimum atomic E-state index is -0.719. The van der Waals surface area contributed by atoms with Crippen LogP contribution in [-0.4, -0.2) is 28.4 Å². The molecule has 0 fully saturated rings. The second-order valence-corrected chi connectivity index (χ2v) is 3.63. The van der Waals surface area contributed by atoms with E-state index in [2.05, 4.69) is 0 Å². The van der Waals surface area contributed by atoms with Gasteiger partial charge in [-0.05, 0) is 19.4 Å². The maximum absolute atomic E-state index is 11.1. The van der Waals surface area contributed by atoms with Crippen LogP contribution in [0.3, 0.4) is 0 Å². The third kappa shape index (κ3) is 3.79. The van der Waals surface area contributed by atoms with Crippen molar-refractivity contribution in [2.45, 2.75) is 44.8 Å². The zero-order valence-electron chi connectivity index (χ0n) is 8.27. The lowest BCUT2D eigenvalue weighted by molar-refractivity contribution is -0.150. The molecule has 2 N–H and O–H groups in total. The Morgan fingerprint density at radius 3 is 3.00 bits per heavy atom. The molecule has 2 atom stereocenters. The topological polar surface area (TPSA) is 66.8 Å². The third-order valence-electron chi connectivity index (χ3n) is 2.15. The Morgan fingerprint density at radius 2 is 2.29 bits per heavy atom. The number of cyclic esters (lactones) is 1. The number of esters is 1. The van der Waals surface area contributed by atoms with Crippen LogP contribution < -0.4 is 0 Å². The van der Waals surface area contributed by atoms with Gasteiger partial charge in [-0.2, -0.15) is 0 Å². The summed E-state index contributed by atoms with van der Waals surface area (Å²) in [5.41, 5.74) is 0. The maximum Gasteiger partial charge on any atom is 0.308 e. The van der Waals surface area contributed by atoms with E-state index in [1.54, 1.807) is 13.0 Å². The Hall–Kier alpha value is -1.03. The van der Waals surface area contributed by atoms with Crippen molar-refractivity contribution in [3.63, 3.8) is 0 Å². The number of rotatable bonds is 0. The van der Waals surface area contributed by atoms with Crippen LogP contribution in [-0.2, 0) is 9.53 Å². The molecule has 0 aromatic carbocycles. The molecule has 0 spiro atoms. The van der Waals surface area contributed by atoms with Gasteiger partial charge in [0.05, 0.1) is 18.3 Å². The quantitative estimate of drug-likeness (QED) is 0.578. The van der Waals surface area contributed by atoms with Crippen LogP contribution in [0.15, 0.2) is 11.8 Å². The molecular formula is C10H16O4. The first-order chi connectivity index (χ1) is 6.58. The molecule has 4 nitrogen and oxygen atoms in total. The van der Waals surface area contributed by atoms with Gasteiger partial charge in [-0.1, -0.05) is 0 Å². The third-order valence-corrected chi connectivity index (χ3v) is 2.15. The summed E-state index contributed by atoms with van der Waals surface area (Å²) in [6.07, 6.45) is 2.02. The van der Waals surface area contributed by atoms with E-state index in [0.717, 1.165) is 0 Å².